The number of hydrogen-bond acceptors (Lipinski definition) is 2. The van der Waals surface area contributed by atoms with Crippen molar-refractivity contribution in [2.24, 2.45) is 0 Å². The summed E-state index contributed by atoms with van der Waals surface area (Å²) in [7, 11) is 0. The Morgan fingerprint density at radius 1 is 1.60 bits per heavy atom. The number of rotatable bonds is 5. The maximum Gasteiger partial charge on any atom is 0.166 e. The van der Waals surface area contributed by atoms with Gasteiger partial charge in [0.1, 0.15) is 0 Å². The monoisotopic (exact) mass is 158 g/mol. The summed E-state index contributed by atoms with van der Waals surface area (Å²) in [5.74, 6) is 0. The van der Waals surface area contributed by atoms with Crippen LogP contribution in [-0.2, 0) is 4.74 Å². The number of unbranched alkanes of at least 4 members (excludes halogenated alkanes) is 2. The maximum absolute atomic E-state index is 4.88. The molecule has 58 valence electrons. The van der Waals surface area contributed by atoms with Gasteiger partial charge in [0.05, 0.1) is 6.26 Å². The summed E-state index contributed by atoms with van der Waals surface area (Å²) in [5.41, 5.74) is 0. The van der Waals surface area contributed by atoms with E-state index >= 15 is 0 Å². The lowest BCUT2D eigenvalue weighted by atomic mass is 10.2. The van der Waals surface area contributed by atoms with Crippen molar-refractivity contribution in [3.63, 3.8) is 0 Å². The van der Waals surface area contributed by atoms with Gasteiger partial charge in [0.25, 0.3) is 0 Å². The Morgan fingerprint density at radius 2 is 2.30 bits per heavy atom. The number of ether oxygens (including phenoxy) is 1. The van der Waals surface area contributed by atoms with Gasteiger partial charge in [-0.15, -0.1) is 0 Å². The fourth-order valence-electron chi connectivity index (χ4n) is 0.671. The summed E-state index contributed by atoms with van der Waals surface area (Å²) in [4.78, 5) is 0. The Kier molecular flexibility index (Phi) is 6.50. The van der Waals surface area contributed by atoms with Crippen LogP contribution in [0.2, 0.25) is 0 Å². The van der Waals surface area contributed by atoms with Crippen LogP contribution in [0.1, 0.15) is 32.6 Å². The lowest BCUT2D eigenvalue weighted by molar-refractivity contribution is 0.467. The number of hydrogen-bond donors (Lipinski definition) is 0. The van der Waals surface area contributed by atoms with Crippen LogP contribution < -0.4 is 0 Å². The standard InChI is InChI=1S/C8H14OS/c1-3-5-6-7-8(10)9-4-2/h4H,2-3,5-7H2,1H3. The third-order valence-electron chi connectivity index (χ3n) is 1.20. The first-order chi connectivity index (χ1) is 4.81. The van der Waals surface area contributed by atoms with E-state index in [-0.39, 0.29) is 0 Å². The van der Waals surface area contributed by atoms with Crippen LogP contribution in [0.15, 0.2) is 12.8 Å². The summed E-state index contributed by atoms with van der Waals surface area (Å²) in [6.45, 7) is 5.58. The van der Waals surface area contributed by atoms with Gasteiger partial charge in [0, 0.05) is 6.42 Å². The van der Waals surface area contributed by atoms with E-state index in [1.165, 1.54) is 19.1 Å². The molecule has 0 heterocycles. The summed E-state index contributed by atoms with van der Waals surface area (Å²) in [6.07, 6.45) is 5.84. The van der Waals surface area contributed by atoms with E-state index in [0.29, 0.717) is 5.05 Å². The highest BCUT2D eigenvalue weighted by Crippen LogP contribution is 2.01. The quantitative estimate of drug-likeness (QED) is 0.345. The van der Waals surface area contributed by atoms with Crippen molar-refractivity contribution in [2.75, 3.05) is 0 Å². The van der Waals surface area contributed by atoms with Gasteiger partial charge < -0.3 is 4.74 Å². The van der Waals surface area contributed by atoms with Crippen LogP contribution in [-0.4, -0.2) is 5.05 Å². The summed E-state index contributed by atoms with van der Waals surface area (Å²) in [5, 5.41) is 0.656. The van der Waals surface area contributed by atoms with Crippen LogP contribution in [0.5, 0.6) is 0 Å². The molecule has 1 nitrogen and oxygen atoms in total. The molecule has 0 aliphatic heterocycles. The second-order valence-corrected chi connectivity index (χ2v) is 2.57. The minimum absolute atomic E-state index is 0.656. The minimum atomic E-state index is 0.656. The molecule has 10 heavy (non-hydrogen) atoms. The predicted octanol–water partition coefficient (Wildman–Crippen LogP) is 3.05. The molecule has 0 amide bonds. The molecule has 0 N–H and O–H groups in total. The number of thiocarbonyl (C=S) groups is 1. The molecule has 2 heteroatoms. The highest BCUT2D eigenvalue weighted by Gasteiger charge is 1.93. The third-order valence-corrected chi connectivity index (χ3v) is 1.50. The Balaban J connectivity index is 3.13. The van der Waals surface area contributed by atoms with Crippen molar-refractivity contribution in [3.05, 3.63) is 12.8 Å². The van der Waals surface area contributed by atoms with Gasteiger partial charge in [-0.25, -0.2) is 0 Å². The summed E-state index contributed by atoms with van der Waals surface area (Å²) >= 11 is 4.87. The van der Waals surface area contributed by atoms with Crippen LogP contribution in [0.3, 0.4) is 0 Å². The third kappa shape index (κ3) is 5.76. The van der Waals surface area contributed by atoms with Crippen LogP contribution >= 0.6 is 12.2 Å². The summed E-state index contributed by atoms with van der Waals surface area (Å²) < 4.78 is 4.88. The van der Waals surface area contributed by atoms with Crippen molar-refractivity contribution in [3.8, 4) is 0 Å². The molecule has 0 saturated carbocycles. The van der Waals surface area contributed by atoms with Crippen molar-refractivity contribution in [1.82, 2.24) is 0 Å². The maximum atomic E-state index is 4.88. The molecule has 0 aromatic carbocycles. The van der Waals surface area contributed by atoms with E-state index in [9.17, 15) is 0 Å². The normalized spacial score (nSPS) is 8.90. The Hall–Kier alpha value is -0.370. The second-order valence-electron chi connectivity index (χ2n) is 2.11. The van der Waals surface area contributed by atoms with E-state index in [1.54, 1.807) is 0 Å². The molecule has 0 aromatic rings. The fourth-order valence-corrected chi connectivity index (χ4v) is 0.884. The Bertz CT molecular complexity index is 110. The summed E-state index contributed by atoms with van der Waals surface area (Å²) in [6, 6.07) is 0. The van der Waals surface area contributed by atoms with Gasteiger partial charge in [-0.2, -0.15) is 0 Å². The Morgan fingerprint density at radius 3 is 2.80 bits per heavy atom. The SMILES string of the molecule is C=COC(=S)CCCCC. The van der Waals surface area contributed by atoms with Crippen LogP contribution in [0, 0.1) is 0 Å². The zero-order chi connectivity index (χ0) is 7.82. The molecule has 0 saturated heterocycles. The Labute approximate surface area is 68.1 Å². The zero-order valence-corrected chi connectivity index (χ0v) is 7.25. The molecule has 0 radical (unpaired) electrons. The first-order valence-electron chi connectivity index (χ1n) is 3.61. The van der Waals surface area contributed by atoms with E-state index in [2.05, 4.69) is 13.5 Å². The zero-order valence-electron chi connectivity index (χ0n) is 6.43. The molecule has 0 rings (SSSR count). The highest BCUT2D eigenvalue weighted by molar-refractivity contribution is 7.80. The van der Waals surface area contributed by atoms with Gasteiger partial charge in [0.15, 0.2) is 5.05 Å². The van der Waals surface area contributed by atoms with Gasteiger partial charge in [-0.1, -0.05) is 26.3 Å². The lowest BCUT2D eigenvalue weighted by Gasteiger charge is -1.99. The lowest BCUT2D eigenvalue weighted by Crippen LogP contribution is -1.94. The van der Waals surface area contributed by atoms with Crippen molar-refractivity contribution in [2.45, 2.75) is 32.6 Å². The molecule has 0 atom stereocenters. The van der Waals surface area contributed by atoms with E-state index in [0.717, 1.165) is 12.8 Å². The van der Waals surface area contributed by atoms with Gasteiger partial charge in [-0.3, -0.25) is 0 Å². The fraction of sp³-hybridized carbons (Fsp3) is 0.625. The van der Waals surface area contributed by atoms with Gasteiger partial charge in [-0.05, 0) is 18.6 Å². The minimum Gasteiger partial charge on any atom is -0.459 e. The van der Waals surface area contributed by atoms with Crippen LogP contribution in [0.4, 0.5) is 0 Å². The van der Waals surface area contributed by atoms with E-state index in [4.69, 9.17) is 17.0 Å². The molecule has 0 bridgehead atoms. The van der Waals surface area contributed by atoms with Crippen molar-refractivity contribution >= 4 is 17.3 Å². The van der Waals surface area contributed by atoms with Crippen molar-refractivity contribution < 1.29 is 4.74 Å². The van der Waals surface area contributed by atoms with E-state index in [1.807, 2.05) is 0 Å². The average molecular weight is 158 g/mol. The molecule has 0 unspecified atom stereocenters. The predicted molar refractivity (Wildman–Crippen MR) is 48.0 cm³/mol. The highest BCUT2D eigenvalue weighted by atomic mass is 32.1. The van der Waals surface area contributed by atoms with Gasteiger partial charge in [0.2, 0.25) is 0 Å². The first kappa shape index (κ1) is 9.63. The second kappa shape index (κ2) is 6.75. The average Bonchev–Trinajstić information content (AvgIpc) is 1.89. The topological polar surface area (TPSA) is 9.23 Å². The molecular formula is C8H14OS. The molecular weight excluding hydrogens is 144 g/mol. The molecule has 0 fully saturated rings. The van der Waals surface area contributed by atoms with E-state index < -0.39 is 0 Å². The first-order valence-corrected chi connectivity index (χ1v) is 4.02. The molecule has 0 spiro atoms. The van der Waals surface area contributed by atoms with Crippen molar-refractivity contribution in [1.29, 1.82) is 0 Å². The molecule has 0 aliphatic carbocycles. The molecule has 0 aromatic heterocycles. The molecule has 0 aliphatic rings. The van der Waals surface area contributed by atoms with Crippen LogP contribution in [0.25, 0.3) is 0 Å². The largest absolute Gasteiger partial charge is 0.459 e. The smallest absolute Gasteiger partial charge is 0.166 e. The van der Waals surface area contributed by atoms with Gasteiger partial charge >= 0.3 is 0 Å².